The van der Waals surface area contributed by atoms with Crippen LogP contribution < -0.4 is 0 Å². The normalized spacial score (nSPS) is 45.4. The molecule has 186 valence electrons. The van der Waals surface area contributed by atoms with Crippen molar-refractivity contribution in [3.05, 3.63) is 0 Å². The van der Waals surface area contributed by atoms with E-state index in [-0.39, 0.29) is 24.7 Å². The van der Waals surface area contributed by atoms with Crippen LogP contribution >= 0.6 is 0 Å². The first kappa shape index (κ1) is 24.3. The first-order chi connectivity index (χ1) is 14.4. The molecule has 4 saturated heterocycles. The molecule has 5 aliphatic rings. The number of hydrogen-bond donors (Lipinski definition) is 0. The predicted octanol–water partition coefficient (Wildman–Crippen LogP) is 5.71. The first-order valence-electron chi connectivity index (χ1n) is 10.3. The van der Waals surface area contributed by atoms with E-state index in [9.17, 15) is 39.5 Å². The summed E-state index contributed by atoms with van der Waals surface area (Å²) in [6.07, 6.45) is -10.2. The topological polar surface area (TPSA) is 36.9 Å². The van der Waals surface area contributed by atoms with E-state index in [1.54, 1.807) is 0 Å². The van der Waals surface area contributed by atoms with Crippen molar-refractivity contribution < 1.29 is 58.8 Å². The van der Waals surface area contributed by atoms with Crippen LogP contribution in [0, 0.1) is 23.7 Å². The SMILES string of the molecule is CC1C(C(F)(F)C(F)(F)C(F)(F)C(F)(F)F)O[C@@H]2O[C@@]3(C)CC[C@H]4[C@H](C)CC[C@@H]1[C@@]24OO3. The summed E-state index contributed by atoms with van der Waals surface area (Å²) in [4.78, 5) is 11.0. The lowest BCUT2D eigenvalue weighted by atomic mass is 9.57. The van der Waals surface area contributed by atoms with Crippen LogP contribution in [0.1, 0.15) is 46.5 Å². The lowest BCUT2D eigenvalue weighted by molar-refractivity contribution is -0.576. The van der Waals surface area contributed by atoms with E-state index >= 15 is 0 Å². The molecule has 1 aliphatic carbocycles. The Labute approximate surface area is 177 Å². The van der Waals surface area contributed by atoms with Gasteiger partial charge in [0, 0.05) is 12.3 Å². The molecule has 4 nitrogen and oxygen atoms in total. The highest BCUT2D eigenvalue weighted by Gasteiger charge is 2.85. The summed E-state index contributed by atoms with van der Waals surface area (Å²) < 4.78 is 134. The van der Waals surface area contributed by atoms with Gasteiger partial charge in [-0.25, -0.2) is 9.78 Å². The van der Waals surface area contributed by atoms with Crippen molar-refractivity contribution in [3.8, 4) is 0 Å². The molecule has 1 saturated carbocycles. The summed E-state index contributed by atoms with van der Waals surface area (Å²) in [6.45, 7) is 4.36. The molecule has 0 aromatic carbocycles. The average Bonchev–Trinajstić information content (AvgIpc) is 2.89. The number of hydrogen-bond acceptors (Lipinski definition) is 4. The van der Waals surface area contributed by atoms with Crippen LogP contribution in [0.2, 0.25) is 0 Å². The fourth-order valence-corrected chi connectivity index (χ4v) is 5.89. The minimum Gasteiger partial charge on any atom is -0.339 e. The number of rotatable bonds is 3. The van der Waals surface area contributed by atoms with Crippen LogP contribution in [0.15, 0.2) is 0 Å². The Morgan fingerprint density at radius 1 is 0.781 bits per heavy atom. The molecule has 8 atom stereocenters. The quantitative estimate of drug-likeness (QED) is 0.379. The zero-order valence-electron chi connectivity index (χ0n) is 17.3. The molecular weight excluding hydrogens is 463 g/mol. The lowest BCUT2D eigenvalue weighted by Crippen LogP contribution is -2.74. The third-order valence-electron chi connectivity index (χ3n) is 7.68. The molecule has 0 radical (unpaired) electrons. The first-order valence-corrected chi connectivity index (χ1v) is 10.3. The van der Waals surface area contributed by atoms with E-state index in [0.717, 1.165) is 6.92 Å². The van der Waals surface area contributed by atoms with E-state index < -0.39 is 59.6 Å². The summed E-state index contributed by atoms with van der Waals surface area (Å²) in [7, 11) is 0. The van der Waals surface area contributed by atoms with Crippen molar-refractivity contribution in [2.45, 2.75) is 94.2 Å². The Kier molecular flexibility index (Phi) is 5.23. The summed E-state index contributed by atoms with van der Waals surface area (Å²) in [6, 6.07) is 0. The Hall–Kier alpha value is -0.790. The van der Waals surface area contributed by atoms with Gasteiger partial charge in [0.25, 0.3) is 0 Å². The number of ether oxygens (including phenoxy) is 2. The fraction of sp³-hybridized carbons (Fsp3) is 1.00. The molecule has 2 bridgehead atoms. The molecule has 4 heterocycles. The van der Waals surface area contributed by atoms with Crippen molar-refractivity contribution in [2.24, 2.45) is 23.7 Å². The van der Waals surface area contributed by atoms with Crippen molar-refractivity contribution in [1.82, 2.24) is 0 Å². The van der Waals surface area contributed by atoms with Gasteiger partial charge in [0.2, 0.25) is 5.79 Å². The molecule has 4 aliphatic heterocycles. The maximum atomic E-state index is 14.9. The van der Waals surface area contributed by atoms with Gasteiger partial charge in [0.15, 0.2) is 11.9 Å². The highest BCUT2D eigenvalue weighted by Crippen LogP contribution is 2.64. The number of halogens is 9. The minimum absolute atomic E-state index is 0.00901. The molecule has 32 heavy (non-hydrogen) atoms. The van der Waals surface area contributed by atoms with Gasteiger partial charge in [-0.05, 0) is 43.9 Å². The molecule has 0 aromatic heterocycles. The highest BCUT2D eigenvalue weighted by molar-refractivity contribution is 5.14. The second-order valence-electron chi connectivity index (χ2n) is 9.60. The molecule has 5 fully saturated rings. The fourth-order valence-electron chi connectivity index (χ4n) is 5.89. The van der Waals surface area contributed by atoms with Crippen molar-refractivity contribution in [3.63, 3.8) is 0 Å². The van der Waals surface area contributed by atoms with Gasteiger partial charge >= 0.3 is 23.9 Å². The molecule has 0 aromatic rings. The van der Waals surface area contributed by atoms with Gasteiger partial charge in [0.05, 0.1) is 0 Å². The van der Waals surface area contributed by atoms with Gasteiger partial charge in [-0.15, -0.1) is 0 Å². The molecule has 0 N–H and O–H groups in total. The van der Waals surface area contributed by atoms with E-state index in [1.165, 1.54) is 6.92 Å². The summed E-state index contributed by atoms with van der Waals surface area (Å²) in [5.41, 5.74) is -1.47. The van der Waals surface area contributed by atoms with E-state index in [4.69, 9.17) is 19.2 Å². The Balaban J connectivity index is 1.76. The number of alkyl halides is 9. The van der Waals surface area contributed by atoms with Gasteiger partial charge in [-0.3, -0.25) is 0 Å². The smallest absolute Gasteiger partial charge is 0.339 e. The molecule has 2 unspecified atom stereocenters. The van der Waals surface area contributed by atoms with Crippen molar-refractivity contribution in [2.75, 3.05) is 0 Å². The average molecular weight is 486 g/mol. The third kappa shape index (κ3) is 2.92. The molecular formula is C19H23F9O4. The van der Waals surface area contributed by atoms with Gasteiger partial charge in [-0.1, -0.05) is 13.8 Å². The van der Waals surface area contributed by atoms with Crippen LogP contribution in [0.3, 0.4) is 0 Å². The monoisotopic (exact) mass is 486 g/mol. The van der Waals surface area contributed by atoms with Gasteiger partial charge in [0.1, 0.15) is 6.10 Å². The minimum atomic E-state index is -6.99. The zero-order valence-corrected chi connectivity index (χ0v) is 17.3. The van der Waals surface area contributed by atoms with Crippen molar-refractivity contribution in [1.29, 1.82) is 0 Å². The van der Waals surface area contributed by atoms with Crippen LogP contribution in [-0.2, 0) is 19.2 Å². The van der Waals surface area contributed by atoms with Crippen LogP contribution in [0.25, 0.3) is 0 Å². The van der Waals surface area contributed by atoms with Gasteiger partial charge < -0.3 is 9.47 Å². The van der Waals surface area contributed by atoms with Crippen LogP contribution in [-0.4, -0.2) is 47.7 Å². The molecule has 0 amide bonds. The van der Waals surface area contributed by atoms with Gasteiger partial charge in [-0.2, -0.15) is 39.5 Å². The second-order valence-corrected chi connectivity index (χ2v) is 9.60. The third-order valence-corrected chi connectivity index (χ3v) is 7.68. The summed E-state index contributed by atoms with van der Waals surface area (Å²) in [5, 5.41) is 0. The summed E-state index contributed by atoms with van der Waals surface area (Å²) in [5.74, 6) is -24.0. The maximum Gasteiger partial charge on any atom is 0.460 e. The van der Waals surface area contributed by atoms with Crippen LogP contribution in [0.4, 0.5) is 39.5 Å². The lowest BCUT2D eigenvalue weighted by Gasteiger charge is -2.61. The van der Waals surface area contributed by atoms with E-state index in [2.05, 4.69) is 0 Å². The second kappa shape index (κ2) is 6.88. The van der Waals surface area contributed by atoms with Crippen molar-refractivity contribution >= 4 is 0 Å². The largest absolute Gasteiger partial charge is 0.460 e. The predicted molar refractivity (Wildman–Crippen MR) is 87.7 cm³/mol. The molecule has 13 heteroatoms. The van der Waals surface area contributed by atoms with E-state index in [1.807, 2.05) is 6.92 Å². The molecule has 1 spiro atoms. The summed E-state index contributed by atoms with van der Waals surface area (Å²) >= 11 is 0. The number of fused-ring (bicyclic) bond motifs is 2. The van der Waals surface area contributed by atoms with Crippen LogP contribution in [0.5, 0.6) is 0 Å². The Morgan fingerprint density at radius 3 is 2.00 bits per heavy atom. The Morgan fingerprint density at radius 2 is 1.41 bits per heavy atom. The zero-order chi connectivity index (χ0) is 24.1. The molecule has 5 rings (SSSR count). The highest BCUT2D eigenvalue weighted by atomic mass is 19.4. The maximum absolute atomic E-state index is 14.9. The Bertz CT molecular complexity index is 760. The van der Waals surface area contributed by atoms with E-state index in [0.29, 0.717) is 12.8 Å². The standard InChI is InChI=1S/C19H23F9O4/c1-8-4-5-11-9(2)12(16(20,21)17(22,23)18(24,25)19(26,27)28)29-13-15(11)10(8)6-7-14(3,30-13)31-32-15/h8-13H,4-7H2,1-3H3/t8-,9?,10+,11+,12?,13-,14-,15-/m1/s1.